The predicted octanol–water partition coefficient (Wildman–Crippen LogP) is 2.63. The zero-order chi connectivity index (χ0) is 14.7. The highest BCUT2D eigenvalue weighted by atomic mass is 16.3. The largest absolute Gasteiger partial charge is 0.387 e. The van der Waals surface area contributed by atoms with Crippen LogP contribution in [0, 0.1) is 0 Å². The molecular formula is C18H28N2O. The number of nitrogens with zero attached hydrogens (tertiary/aromatic N) is 2. The van der Waals surface area contributed by atoms with Crippen molar-refractivity contribution in [2.45, 2.75) is 37.7 Å². The Morgan fingerprint density at radius 2 is 1.67 bits per heavy atom. The maximum Gasteiger partial charge on any atom is 0.0916 e. The molecule has 1 aromatic rings. The van der Waals surface area contributed by atoms with E-state index in [4.69, 9.17) is 0 Å². The zero-order valence-electron chi connectivity index (χ0n) is 13.2. The maximum absolute atomic E-state index is 10.4. The van der Waals surface area contributed by atoms with Crippen LogP contribution in [0.1, 0.15) is 48.8 Å². The van der Waals surface area contributed by atoms with Crippen molar-refractivity contribution >= 4 is 0 Å². The Hall–Kier alpha value is -0.900. The molecule has 3 rings (SSSR count). The van der Waals surface area contributed by atoms with E-state index in [1.807, 2.05) is 0 Å². The first-order valence-electron chi connectivity index (χ1n) is 8.41. The normalized spacial score (nSPS) is 23.5. The first-order chi connectivity index (χ1) is 10.2. The fourth-order valence-electron chi connectivity index (χ4n) is 3.63. The fraction of sp³-hybridized carbons (Fsp3) is 0.667. The van der Waals surface area contributed by atoms with Gasteiger partial charge in [-0.1, -0.05) is 37.1 Å². The van der Waals surface area contributed by atoms with Gasteiger partial charge in [0.1, 0.15) is 0 Å². The highest BCUT2D eigenvalue weighted by Gasteiger charge is 2.19. The second kappa shape index (κ2) is 6.91. The van der Waals surface area contributed by atoms with Gasteiger partial charge in [0.2, 0.25) is 0 Å². The average Bonchev–Trinajstić information content (AvgIpc) is 3.04. The number of aliphatic hydroxyl groups excluding tert-OH is 1. The van der Waals surface area contributed by atoms with E-state index in [0.717, 1.165) is 44.2 Å². The Bertz CT molecular complexity index is 431. The van der Waals surface area contributed by atoms with Crippen LogP contribution in [0.15, 0.2) is 24.3 Å². The van der Waals surface area contributed by atoms with Gasteiger partial charge in [-0.15, -0.1) is 0 Å². The number of likely N-dealkylation sites (N-methyl/N-ethyl adjacent to an activating group) is 1. The van der Waals surface area contributed by atoms with Gasteiger partial charge in [0.15, 0.2) is 0 Å². The molecule has 21 heavy (non-hydrogen) atoms. The molecular weight excluding hydrogens is 260 g/mol. The molecule has 1 N–H and O–H groups in total. The molecule has 0 bridgehead atoms. The van der Waals surface area contributed by atoms with Gasteiger partial charge in [-0.25, -0.2) is 0 Å². The standard InChI is InChI=1S/C18H28N2O/c1-19-10-12-20(13-11-19)14-18(21)17-8-6-16(7-9-17)15-4-2-3-5-15/h6-9,15,18,21H,2-5,10-14H2,1H3/t18-/m0/s1. The van der Waals surface area contributed by atoms with Crippen molar-refractivity contribution in [3.05, 3.63) is 35.4 Å². The van der Waals surface area contributed by atoms with Gasteiger partial charge in [0.05, 0.1) is 6.10 Å². The molecule has 0 unspecified atom stereocenters. The van der Waals surface area contributed by atoms with Gasteiger partial charge in [0.25, 0.3) is 0 Å². The number of hydrogen-bond acceptors (Lipinski definition) is 3. The Labute approximate surface area is 128 Å². The van der Waals surface area contributed by atoms with Gasteiger partial charge in [-0.3, -0.25) is 4.90 Å². The van der Waals surface area contributed by atoms with Crippen molar-refractivity contribution in [1.29, 1.82) is 0 Å². The lowest BCUT2D eigenvalue weighted by atomic mass is 9.95. The predicted molar refractivity (Wildman–Crippen MR) is 86.5 cm³/mol. The zero-order valence-corrected chi connectivity index (χ0v) is 13.2. The lowest BCUT2D eigenvalue weighted by Gasteiger charge is -2.33. The van der Waals surface area contributed by atoms with Crippen LogP contribution >= 0.6 is 0 Å². The number of rotatable bonds is 4. The lowest BCUT2D eigenvalue weighted by molar-refractivity contribution is 0.0805. The third kappa shape index (κ3) is 3.85. The van der Waals surface area contributed by atoms with Crippen molar-refractivity contribution in [3.63, 3.8) is 0 Å². The van der Waals surface area contributed by atoms with Crippen LogP contribution in [0.2, 0.25) is 0 Å². The molecule has 1 atom stereocenters. The molecule has 1 heterocycles. The number of β-amino-alcohol motifs (C(OH)–C–C–N with tert-alkyl or cyclic N) is 1. The summed E-state index contributed by atoms with van der Waals surface area (Å²) in [7, 11) is 2.16. The Kier molecular flexibility index (Phi) is 4.94. The van der Waals surface area contributed by atoms with E-state index in [1.54, 1.807) is 0 Å². The highest BCUT2D eigenvalue weighted by Crippen LogP contribution is 2.34. The summed E-state index contributed by atoms with van der Waals surface area (Å²) in [5.41, 5.74) is 2.53. The first-order valence-corrected chi connectivity index (χ1v) is 8.41. The molecule has 1 saturated heterocycles. The van der Waals surface area contributed by atoms with Gasteiger partial charge < -0.3 is 10.0 Å². The maximum atomic E-state index is 10.4. The van der Waals surface area contributed by atoms with Crippen LogP contribution in [-0.2, 0) is 0 Å². The SMILES string of the molecule is CN1CCN(C[C@H](O)c2ccc(C3CCCC3)cc2)CC1. The molecule has 2 aliphatic rings. The minimum absolute atomic E-state index is 0.356. The molecule has 0 radical (unpaired) electrons. The van der Waals surface area contributed by atoms with Crippen LogP contribution in [-0.4, -0.2) is 54.7 Å². The quantitative estimate of drug-likeness (QED) is 0.922. The summed E-state index contributed by atoms with van der Waals surface area (Å²) in [6.07, 6.45) is 5.06. The van der Waals surface area contributed by atoms with Crippen molar-refractivity contribution in [2.75, 3.05) is 39.8 Å². The van der Waals surface area contributed by atoms with E-state index < -0.39 is 0 Å². The molecule has 1 saturated carbocycles. The summed E-state index contributed by atoms with van der Waals surface area (Å²) in [6.45, 7) is 5.10. The second-order valence-electron chi connectivity index (χ2n) is 6.77. The van der Waals surface area contributed by atoms with Gasteiger partial charge in [0, 0.05) is 32.7 Å². The average molecular weight is 288 g/mol. The topological polar surface area (TPSA) is 26.7 Å². The van der Waals surface area contributed by atoms with Crippen LogP contribution in [0.4, 0.5) is 0 Å². The Morgan fingerprint density at radius 3 is 2.29 bits per heavy atom. The molecule has 2 fully saturated rings. The highest BCUT2D eigenvalue weighted by molar-refractivity contribution is 5.27. The minimum atomic E-state index is -0.356. The first kappa shape index (κ1) is 15.0. The molecule has 0 aromatic heterocycles. The fourth-order valence-corrected chi connectivity index (χ4v) is 3.63. The third-order valence-corrected chi connectivity index (χ3v) is 5.17. The summed E-state index contributed by atoms with van der Waals surface area (Å²) in [6, 6.07) is 8.74. The van der Waals surface area contributed by atoms with E-state index in [1.165, 1.54) is 31.2 Å². The Morgan fingerprint density at radius 1 is 1.05 bits per heavy atom. The molecule has 0 spiro atoms. The number of benzene rings is 1. The smallest absolute Gasteiger partial charge is 0.0916 e. The molecule has 116 valence electrons. The van der Waals surface area contributed by atoms with E-state index in [9.17, 15) is 5.11 Å². The van der Waals surface area contributed by atoms with Crippen LogP contribution in [0.3, 0.4) is 0 Å². The third-order valence-electron chi connectivity index (χ3n) is 5.17. The van der Waals surface area contributed by atoms with Crippen LogP contribution < -0.4 is 0 Å². The number of hydrogen-bond donors (Lipinski definition) is 1. The van der Waals surface area contributed by atoms with Crippen LogP contribution in [0.5, 0.6) is 0 Å². The van der Waals surface area contributed by atoms with E-state index in [0.29, 0.717) is 0 Å². The lowest BCUT2D eigenvalue weighted by Crippen LogP contribution is -2.45. The van der Waals surface area contributed by atoms with Crippen LogP contribution in [0.25, 0.3) is 0 Å². The van der Waals surface area contributed by atoms with E-state index in [2.05, 4.69) is 41.1 Å². The van der Waals surface area contributed by atoms with Crippen molar-refractivity contribution < 1.29 is 5.11 Å². The van der Waals surface area contributed by atoms with Gasteiger partial charge in [-0.05, 0) is 36.9 Å². The van der Waals surface area contributed by atoms with Gasteiger partial charge in [-0.2, -0.15) is 0 Å². The molecule has 1 aromatic carbocycles. The summed E-state index contributed by atoms with van der Waals surface area (Å²) in [5, 5.41) is 10.4. The summed E-state index contributed by atoms with van der Waals surface area (Å²) in [4.78, 5) is 4.72. The summed E-state index contributed by atoms with van der Waals surface area (Å²) < 4.78 is 0. The van der Waals surface area contributed by atoms with Crippen molar-refractivity contribution in [3.8, 4) is 0 Å². The van der Waals surface area contributed by atoms with E-state index in [-0.39, 0.29) is 6.10 Å². The summed E-state index contributed by atoms with van der Waals surface area (Å²) >= 11 is 0. The Balaban J connectivity index is 1.55. The monoisotopic (exact) mass is 288 g/mol. The molecule has 3 heteroatoms. The number of aliphatic hydroxyl groups is 1. The van der Waals surface area contributed by atoms with Gasteiger partial charge >= 0.3 is 0 Å². The molecule has 0 amide bonds. The summed E-state index contributed by atoms with van der Waals surface area (Å²) in [5.74, 6) is 0.758. The van der Waals surface area contributed by atoms with E-state index >= 15 is 0 Å². The molecule has 1 aliphatic heterocycles. The minimum Gasteiger partial charge on any atom is -0.387 e. The second-order valence-corrected chi connectivity index (χ2v) is 6.77. The van der Waals surface area contributed by atoms with Crippen molar-refractivity contribution in [1.82, 2.24) is 9.80 Å². The van der Waals surface area contributed by atoms with Crippen molar-refractivity contribution in [2.24, 2.45) is 0 Å². The number of piperazine rings is 1. The molecule has 1 aliphatic carbocycles. The molecule has 3 nitrogen and oxygen atoms in total.